The van der Waals surface area contributed by atoms with E-state index in [1.165, 1.54) is 11.1 Å². The van der Waals surface area contributed by atoms with E-state index in [0.29, 0.717) is 19.4 Å². The van der Waals surface area contributed by atoms with Crippen molar-refractivity contribution >= 4 is 11.7 Å². The third kappa shape index (κ3) is 7.84. The summed E-state index contributed by atoms with van der Waals surface area (Å²) in [6.07, 6.45) is 2.90. The molecule has 1 saturated heterocycles. The van der Waals surface area contributed by atoms with Crippen LogP contribution in [0.25, 0.3) is 0 Å². The summed E-state index contributed by atoms with van der Waals surface area (Å²) in [5.74, 6) is 0.902. The van der Waals surface area contributed by atoms with Gasteiger partial charge in [-0.1, -0.05) is 79.6 Å². The van der Waals surface area contributed by atoms with Crippen LogP contribution >= 0.6 is 0 Å². The van der Waals surface area contributed by atoms with E-state index in [1.807, 2.05) is 18.2 Å². The van der Waals surface area contributed by atoms with E-state index in [0.717, 1.165) is 66.2 Å². The molecule has 0 bridgehead atoms. The van der Waals surface area contributed by atoms with Gasteiger partial charge < -0.3 is 20.5 Å². The van der Waals surface area contributed by atoms with Crippen molar-refractivity contribution in [2.75, 3.05) is 25.0 Å². The molecule has 4 rings (SSSR count). The molecule has 0 saturated carbocycles. The number of piperidine rings is 1. The van der Waals surface area contributed by atoms with Crippen LogP contribution in [0, 0.1) is 13.8 Å². The van der Waals surface area contributed by atoms with Crippen LogP contribution in [0.3, 0.4) is 0 Å². The number of nitrogens with zero attached hydrogens (tertiary/aromatic N) is 1. The van der Waals surface area contributed by atoms with Gasteiger partial charge in [0.25, 0.3) is 0 Å². The molecule has 3 aromatic rings. The van der Waals surface area contributed by atoms with Crippen LogP contribution in [0.4, 0.5) is 10.5 Å². The van der Waals surface area contributed by atoms with Crippen molar-refractivity contribution in [3.63, 3.8) is 0 Å². The van der Waals surface area contributed by atoms with E-state index in [1.54, 1.807) is 0 Å². The topological polar surface area (TPSA) is 73.8 Å². The molecule has 0 unspecified atom stereocenters. The molecule has 0 aromatic heterocycles. The highest BCUT2D eigenvalue weighted by Crippen LogP contribution is 2.28. The van der Waals surface area contributed by atoms with Gasteiger partial charge in [0.2, 0.25) is 0 Å². The first kappa shape index (κ1) is 28.7. The number of hydrogen-bond acceptors (Lipinski definition) is 4. The third-order valence-corrected chi connectivity index (χ3v) is 7.73. The Morgan fingerprint density at radius 1 is 0.923 bits per heavy atom. The first-order valence-electron chi connectivity index (χ1n) is 14.2. The van der Waals surface area contributed by atoms with Crippen molar-refractivity contribution in [1.29, 1.82) is 0 Å². The number of amides is 2. The van der Waals surface area contributed by atoms with Gasteiger partial charge >= 0.3 is 6.03 Å². The van der Waals surface area contributed by atoms with Gasteiger partial charge in [-0.3, -0.25) is 4.90 Å². The summed E-state index contributed by atoms with van der Waals surface area (Å²) in [5, 5.41) is 17.2. The fourth-order valence-electron chi connectivity index (χ4n) is 5.17. The summed E-state index contributed by atoms with van der Waals surface area (Å²) in [6.45, 7) is 11.4. The predicted octanol–water partition coefficient (Wildman–Crippen LogP) is 6.16. The smallest absolute Gasteiger partial charge is 0.319 e. The van der Waals surface area contributed by atoms with Crippen LogP contribution in [-0.2, 0) is 26.0 Å². The molecule has 0 radical (unpaired) electrons. The number of aryl methyl sites for hydroxylation is 4. The highest BCUT2D eigenvalue weighted by molar-refractivity contribution is 5.91. The first-order chi connectivity index (χ1) is 18.8. The largest absolute Gasteiger partial charge is 0.489 e. The molecule has 1 fully saturated rings. The Morgan fingerprint density at radius 3 is 2.21 bits per heavy atom. The molecule has 2 amide bonds. The lowest BCUT2D eigenvalue weighted by molar-refractivity contribution is -0.0196. The molecular formula is C33H43N3O3. The lowest BCUT2D eigenvalue weighted by Crippen LogP contribution is -2.51. The fraction of sp³-hybridized carbons (Fsp3) is 0.424. The maximum atomic E-state index is 12.7. The van der Waals surface area contributed by atoms with Gasteiger partial charge in [0.15, 0.2) is 0 Å². The minimum Gasteiger partial charge on any atom is -0.489 e. The average Bonchev–Trinajstić information content (AvgIpc) is 2.94. The number of aliphatic hydroxyl groups is 1. The number of anilines is 1. The van der Waals surface area contributed by atoms with Gasteiger partial charge in [0.1, 0.15) is 12.4 Å². The lowest BCUT2D eigenvalue weighted by atomic mass is 9.91. The monoisotopic (exact) mass is 529 g/mol. The van der Waals surface area contributed by atoms with Crippen molar-refractivity contribution in [1.82, 2.24) is 10.2 Å². The normalized spacial score (nSPS) is 15.1. The highest BCUT2D eigenvalue weighted by Gasteiger charge is 2.33. The SMILES string of the molecule is CCc1cccc(CC)c1NC(=O)NCC1(O)CCN(Cc2cc(C)ccc2OCc2ccc(C)cc2)CC1. The maximum absolute atomic E-state index is 12.7. The molecule has 1 aliphatic heterocycles. The molecule has 6 heteroatoms. The number of carbonyl (C=O) groups is 1. The van der Waals surface area contributed by atoms with Gasteiger partial charge in [-0.2, -0.15) is 0 Å². The summed E-state index contributed by atoms with van der Waals surface area (Å²) in [5.41, 5.74) is 6.96. The van der Waals surface area contributed by atoms with Crippen LogP contribution in [0.2, 0.25) is 0 Å². The molecule has 0 atom stereocenters. The van der Waals surface area contributed by atoms with Gasteiger partial charge in [0, 0.05) is 37.4 Å². The summed E-state index contributed by atoms with van der Waals surface area (Å²) >= 11 is 0. The Hall–Kier alpha value is -3.35. The molecule has 208 valence electrons. The Kier molecular flexibility index (Phi) is 9.65. The molecular weight excluding hydrogens is 486 g/mol. The summed E-state index contributed by atoms with van der Waals surface area (Å²) in [7, 11) is 0. The van der Waals surface area contributed by atoms with Gasteiger partial charge in [0.05, 0.1) is 5.60 Å². The number of likely N-dealkylation sites (tertiary alicyclic amines) is 1. The summed E-state index contributed by atoms with van der Waals surface area (Å²) in [4.78, 5) is 15.1. The molecule has 1 heterocycles. The van der Waals surface area contributed by atoms with E-state index in [-0.39, 0.29) is 12.6 Å². The van der Waals surface area contributed by atoms with Crippen molar-refractivity contribution in [3.8, 4) is 5.75 Å². The predicted molar refractivity (Wildman–Crippen MR) is 158 cm³/mol. The Labute approximate surface area is 233 Å². The maximum Gasteiger partial charge on any atom is 0.319 e. The summed E-state index contributed by atoms with van der Waals surface area (Å²) in [6, 6.07) is 20.6. The van der Waals surface area contributed by atoms with Crippen LogP contribution in [0.5, 0.6) is 5.75 Å². The third-order valence-electron chi connectivity index (χ3n) is 7.73. The minimum atomic E-state index is -0.914. The van der Waals surface area contributed by atoms with Crippen LogP contribution in [-0.4, -0.2) is 41.3 Å². The lowest BCUT2D eigenvalue weighted by Gasteiger charge is -2.38. The number of para-hydroxylation sites is 1. The van der Waals surface area contributed by atoms with Crippen molar-refractivity contribution < 1.29 is 14.6 Å². The van der Waals surface area contributed by atoms with Crippen LogP contribution < -0.4 is 15.4 Å². The fourth-order valence-corrected chi connectivity index (χ4v) is 5.17. The van der Waals surface area contributed by atoms with Crippen molar-refractivity contribution in [3.05, 3.63) is 94.0 Å². The number of benzene rings is 3. The first-order valence-corrected chi connectivity index (χ1v) is 14.2. The van der Waals surface area contributed by atoms with Gasteiger partial charge in [-0.05, 0) is 62.3 Å². The van der Waals surface area contributed by atoms with Gasteiger partial charge in [-0.25, -0.2) is 4.79 Å². The van der Waals surface area contributed by atoms with E-state index in [2.05, 4.69) is 85.7 Å². The van der Waals surface area contributed by atoms with Crippen molar-refractivity contribution in [2.24, 2.45) is 0 Å². The number of rotatable bonds is 10. The second-order valence-electron chi connectivity index (χ2n) is 10.9. The molecule has 3 N–H and O–H groups in total. The Bertz CT molecular complexity index is 1230. The second kappa shape index (κ2) is 13.1. The van der Waals surface area contributed by atoms with Crippen LogP contribution in [0.1, 0.15) is 60.1 Å². The molecule has 6 nitrogen and oxygen atoms in total. The average molecular weight is 530 g/mol. The summed E-state index contributed by atoms with van der Waals surface area (Å²) < 4.78 is 6.22. The number of nitrogens with one attached hydrogen (secondary N) is 2. The van der Waals surface area contributed by atoms with E-state index in [9.17, 15) is 9.90 Å². The van der Waals surface area contributed by atoms with E-state index >= 15 is 0 Å². The molecule has 3 aromatic carbocycles. The number of hydrogen-bond donors (Lipinski definition) is 3. The molecule has 0 aliphatic carbocycles. The second-order valence-corrected chi connectivity index (χ2v) is 10.9. The molecule has 1 aliphatic rings. The van der Waals surface area contributed by atoms with E-state index < -0.39 is 5.60 Å². The van der Waals surface area contributed by atoms with Gasteiger partial charge in [-0.15, -0.1) is 0 Å². The standard InChI is InChI=1S/C33H43N3O3/c1-5-27-8-7-9-28(6-2)31(27)35-32(37)34-23-33(38)16-18-36(19-17-33)21-29-20-25(4)12-15-30(29)39-22-26-13-10-24(3)11-14-26/h7-15,20,38H,5-6,16-19,21-23H2,1-4H3,(H2,34,35,37). The van der Waals surface area contributed by atoms with Crippen LogP contribution in [0.15, 0.2) is 60.7 Å². The van der Waals surface area contributed by atoms with E-state index in [4.69, 9.17) is 4.74 Å². The molecule has 39 heavy (non-hydrogen) atoms. The highest BCUT2D eigenvalue weighted by atomic mass is 16.5. The Morgan fingerprint density at radius 2 is 1.56 bits per heavy atom. The zero-order chi connectivity index (χ0) is 27.8. The minimum absolute atomic E-state index is 0.234. The number of ether oxygens (including phenoxy) is 1. The number of urea groups is 1. The number of carbonyl (C=O) groups excluding carboxylic acids is 1. The quantitative estimate of drug-likeness (QED) is 0.294. The zero-order valence-corrected chi connectivity index (χ0v) is 23.8. The molecule has 0 spiro atoms. The Balaban J connectivity index is 1.29. The zero-order valence-electron chi connectivity index (χ0n) is 23.8. The van der Waals surface area contributed by atoms with Crippen molar-refractivity contribution in [2.45, 2.75) is 72.1 Å².